The Balaban J connectivity index is 2.15. The second-order valence-corrected chi connectivity index (χ2v) is 4.09. The Bertz CT molecular complexity index is 594. The molecule has 0 aliphatic heterocycles. The number of pyridine rings is 1. The van der Waals surface area contributed by atoms with Crippen LogP contribution in [0, 0.1) is 13.8 Å². The smallest absolute Gasteiger partial charge is 0.276 e. The average molecular weight is 257 g/mol. The van der Waals surface area contributed by atoms with Gasteiger partial charge in [0, 0.05) is 12.7 Å². The summed E-state index contributed by atoms with van der Waals surface area (Å²) in [4.78, 5) is 16.3. The molecule has 2 N–H and O–H groups in total. The van der Waals surface area contributed by atoms with Crippen LogP contribution in [0.25, 0.3) is 0 Å². The van der Waals surface area contributed by atoms with Crippen molar-refractivity contribution in [3.05, 3.63) is 41.3 Å². The first-order valence-corrected chi connectivity index (χ1v) is 5.87. The Morgan fingerprint density at radius 2 is 1.89 bits per heavy atom. The first-order valence-electron chi connectivity index (χ1n) is 5.87. The molecule has 98 valence electrons. The van der Waals surface area contributed by atoms with Crippen molar-refractivity contribution in [3.63, 3.8) is 0 Å². The van der Waals surface area contributed by atoms with Gasteiger partial charge in [-0.15, -0.1) is 10.2 Å². The van der Waals surface area contributed by atoms with E-state index in [9.17, 15) is 4.79 Å². The molecule has 0 bridgehead atoms. The molecule has 2 aromatic heterocycles. The predicted octanol–water partition coefficient (Wildman–Crippen LogP) is 1.78. The van der Waals surface area contributed by atoms with Gasteiger partial charge in [-0.05, 0) is 38.1 Å². The molecule has 0 aromatic carbocycles. The van der Waals surface area contributed by atoms with Crippen LogP contribution in [0.3, 0.4) is 0 Å². The predicted molar refractivity (Wildman–Crippen MR) is 73.2 cm³/mol. The molecule has 6 nitrogen and oxygen atoms in total. The van der Waals surface area contributed by atoms with Crippen LogP contribution < -0.4 is 10.6 Å². The Hall–Kier alpha value is -2.50. The van der Waals surface area contributed by atoms with Gasteiger partial charge in [-0.2, -0.15) is 0 Å². The van der Waals surface area contributed by atoms with Crippen LogP contribution in [0.15, 0.2) is 24.3 Å². The number of rotatable bonds is 3. The van der Waals surface area contributed by atoms with Crippen LogP contribution in [-0.2, 0) is 0 Å². The van der Waals surface area contributed by atoms with Crippen LogP contribution in [0.5, 0.6) is 0 Å². The summed E-state index contributed by atoms with van der Waals surface area (Å²) in [5.74, 6) is 0.314. The largest absolute Gasteiger partial charge is 0.372 e. The molecule has 1 amide bonds. The molecule has 0 aliphatic carbocycles. The van der Waals surface area contributed by atoms with Gasteiger partial charge < -0.3 is 10.6 Å². The van der Waals surface area contributed by atoms with Gasteiger partial charge in [0.25, 0.3) is 5.91 Å². The third-order valence-electron chi connectivity index (χ3n) is 2.63. The van der Waals surface area contributed by atoms with E-state index in [-0.39, 0.29) is 11.6 Å². The molecule has 2 heterocycles. The SMILES string of the molecule is CNc1ccc(C(=O)Nc2ccc(C)nc2C)nn1. The number of aryl methyl sites for hydroxylation is 2. The summed E-state index contributed by atoms with van der Waals surface area (Å²) in [6.07, 6.45) is 0. The van der Waals surface area contributed by atoms with Gasteiger partial charge in [-0.3, -0.25) is 9.78 Å². The molecule has 0 radical (unpaired) electrons. The lowest BCUT2D eigenvalue weighted by molar-refractivity contribution is 0.102. The minimum atomic E-state index is -0.302. The van der Waals surface area contributed by atoms with Crippen LogP contribution >= 0.6 is 0 Å². The number of anilines is 2. The van der Waals surface area contributed by atoms with Crippen molar-refractivity contribution in [1.29, 1.82) is 0 Å². The van der Waals surface area contributed by atoms with E-state index >= 15 is 0 Å². The van der Waals surface area contributed by atoms with E-state index in [1.54, 1.807) is 19.2 Å². The zero-order valence-corrected chi connectivity index (χ0v) is 11.1. The standard InChI is InChI=1S/C13H15N5O/c1-8-4-5-10(9(2)15-8)16-13(19)11-6-7-12(14-3)18-17-11/h4-7H,1-3H3,(H,14,18)(H,16,19). The Labute approximate surface area is 111 Å². The average Bonchev–Trinajstić information content (AvgIpc) is 2.42. The molecular formula is C13H15N5O. The highest BCUT2D eigenvalue weighted by atomic mass is 16.1. The van der Waals surface area contributed by atoms with Crippen molar-refractivity contribution in [1.82, 2.24) is 15.2 Å². The molecule has 0 saturated carbocycles. The van der Waals surface area contributed by atoms with Gasteiger partial charge in [0.05, 0.1) is 11.4 Å². The summed E-state index contributed by atoms with van der Waals surface area (Å²) in [7, 11) is 1.74. The van der Waals surface area contributed by atoms with Crippen LogP contribution in [0.4, 0.5) is 11.5 Å². The molecule has 19 heavy (non-hydrogen) atoms. The third kappa shape index (κ3) is 3.04. The third-order valence-corrected chi connectivity index (χ3v) is 2.63. The van der Waals surface area contributed by atoms with Gasteiger partial charge in [-0.1, -0.05) is 0 Å². The maximum absolute atomic E-state index is 12.0. The van der Waals surface area contributed by atoms with Crippen LogP contribution in [0.2, 0.25) is 0 Å². The summed E-state index contributed by atoms with van der Waals surface area (Å²) in [6.45, 7) is 3.75. The zero-order valence-electron chi connectivity index (χ0n) is 11.1. The summed E-state index contributed by atoms with van der Waals surface area (Å²) >= 11 is 0. The maximum atomic E-state index is 12.0. The van der Waals surface area contributed by atoms with E-state index in [4.69, 9.17) is 0 Å². The second kappa shape index (κ2) is 5.43. The lowest BCUT2D eigenvalue weighted by Gasteiger charge is -2.07. The fourth-order valence-corrected chi connectivity index (χ4v) is 1.59. The molecule has 0 atom stereocenters. The first kappa shape index (κ1) is 12.9. The molecule has 2 aromatic rings. The van der Waals surface area contributed by atoms with E-state index in [1.807, 2.05) is 26.0 Å². The number of carbonyl (C=O) groups excluding carboxylic acids is 1. The summed E-state index contributed by atoms with van der Waals surface area (Å²) in [5, 5.41) is 13.3. The van der Waals surface area contributed by atoms with Crippen molar-refractivity contribution in [2.45, 2.75) is 13.8 Å². The van der Waals surface area contributed by atoms with Crippen molar-refractivity contribution in [2.24, 2.45) is 0 Å². The van der Waals surface area contributed by atoms with Crippen molar-refractivity contribution in [3.8, 4) is 0 Å². The Morgan fingerprint density at radius 1 is 1.11 bits per heavy atom. The van der Waals surface area contributed by atoms with Gasteiger partial charge in [0.15, 0.2) is 5.69 Å². The zero-order chi connectivity index (χ0) is 13.8. The molecule has 2 rings (SSSR count). The Morgan fingerprint density at radius 3 is 2.47 bits per heavy atom. The number of nitrogens with zero attached hydrogens (tertiary/aromatic N) is 3. The number of aromatic nitrogens is 3. The van der Waals surface area contributed by atoms with Gasteiger partial charge >= 0.3 is 0 Å². The van der Waals surface area contributed by atoms with Gasteiger partial charge in [0.1, 0.15) is 5.82 Å². The fourth-order valence-electron chi connectivity index (χ4n) is 1.59. The van der Waals surface area contributed by atoms with E-state index in [0.717, 1.165) is 11.4 Å². The van der Waals surface area contributed by atoms with Gasteiger partial charge in [0.2, 0.25) is 0 Å². The maximum Gasteiger partial charge on any atom is 0.276 e. The highest BCUT2D eigenvalue weighted by Gasteiger charge is 2.10. The minimum absolute atomic E-state index is 0.263. The topological polar surface area (TPSA) is 79.8 Å². The molecule has 6 heteroatoms. The minimum Gasteiger partial charge on any atom is -0.372 e. The normalized spacial score (nSPS) is 10.1. The van der Waals surface area contributed by atoms with E-state index in [1.165, 1.54) is 0 Å². The number of hydrogen-bond donors (Lipinski definition) is 2. The number of nitrogens with one attached hydrogen (secondary N) is 2. The molecule has 0 spiro atoms. The molecule has 0 fully saturated rings. The van der Waals surface area contributed by atoms with Crippen LogP contribution in [-0.4, -0.2) is 28.1 Å². The van der Waals surface area contributed by atoms with E-state index in [0.29, 0.717) is 11.5 Å². The summed E-state index contributed by atoms with van der Waals surface area (Å²) < 4.78 is 0. The van der Waals surface area contributed by atoms with Gasteiger partial charge in [-0.25, -0.2) is 0 Å². The quantitative estimate of drug-likeness (QED) is 0.876. The molecule has 0 saturated heterocycles. The van der Waals surface area contributed by atoms with E-state index in [2.05, 4.69) is 25.8 Å². The van der Waals surface area contributed by atoms with Crippen LogP contribution in [0.1, 0.15) is 21.9 Å². The highest BCUT2D eigenvalue weighted by molar-refractivity contribution is 6.03. The molecular weight excluding hydrogens is 242 g/mol. The summed E-state index contributed by atoms with van der Waals surface area (Å²) in [5.41, 5.74) is 2.62. The Kier molecular flexibility index (Phi) is 3.70. The fraction of sp³-hybridized carbons (Fsp3) is 0.231. The van der Waals surface area contributed by atoms with Crippen molar-refractivity contribution in [2.75, 3.05) is 17.7 Å². The molecule has 0 unspecified atom stereocenters. The summed E-state index contributed by atoms with van der Waals surface area (Å²) in [6, 6.07) is 6.98. The lowest BCUT2D eigenvalue weighted by atomic mass is 10.2. The number of hydrogen-bond acceptors (Lipinski definition) is 5. The first-order chi connectivity index (χ1) is 9.10. The van der Waals surface area contributed by atoms with Crippen molar-refractivity contribution < 1.29 is 4.79 Å². The van der Waals surface area contributed by atoms with E-state index < -0.39 is 0 Å². The monoisotopic (exact) mass is 257 g/mol. The number of amides is 1. The molecule has 0 aliphatic rings. The lowest BCUT2D eigenvalue weighted by Crippen LogP contribution is -2.15. The number of carbonyl (C=O) groups is 1. The van der Waals surface area contributed by atoms with Crippen molar-refractivity contribution >= 4 is 17.4 Å². The second-order valence-electron chi connectivity index (χ2n) is 4.09. The highest BCUT2D eigenvalue weighted by Crippen LogP contribution is 2.13.